The van der Waals surface area contributed by atoms with Crippen molar-refractivity contribution in [2.75, 3.05) is 18.4 Å². The molecule has 0 radical (unpaired) electrons. The zero-order valence-corrected chi connectivity index (χ0v) is 14.4. The van der Waals surface area contributed by atoms with Gasteiger partial charge in [0.1, 0.15) is 0 Å². The quantitative estimate of drug-likeness (QED) is 0.651. The summed E-state index contributed by atoms with van der Waals surface area (Å²) in [5.41, 5.74) is -0.390. The first kappa shape index (κ1) is 20.2. The van der Waals surface area contributed by atoms with Crippen molar-refractivity contribution in [3.8, 4) is 0 Å². The third-order valence-electron chi connectivity index (χ3n) is 3.28. The summed E-state index contributed by atoms with van der Waals surface area (Å²) in [6, 6.07) is 7.72. The van der Waals surface area contributed by atoms with Crippen LogP contribution in [0.3, 0.4) is 0 Å². The van der Waals surface area contributed by atoms with Gasteiger partial charge in [-0.1, -0.05) is 23.7 Å². The molecule has 142 valence electrons. The van der Waals surface area contributed by atoms with Gasteiger partial charge in [-0.2, -0.15) is 0 Å². The highest BCUT2D eigenvalue weighted by atomic mass is 35.5. The summed E-state index contributed by atoms with van der Waals surface area (Å²) in [5.74, 6) is -6.82. The summed E-state index contributed by atoms with van der Waals surface area (Å²) in [7, 11) is 0. The maximum atomic E-state index is 13.4. The molecule has 10 heteroatoms. The van der Waals surface area contributed by atoms with Gasteiger partial charge in [-0.05, 0) is 24.3 Å². The molecule has 27 heavy (non-hydrogen) atoms. The lowest BCUT2D eigenvalue weighted by Gasteiger charge is -2.09. The molecule has 0 spiro atoms. The molecule has 0 unspecified atom stereocenters. The fourth-order valence-electron chi connectivity index (χ4n) is 1.96. The van der Waals surface area contributed by atoms with Gasteiger partial charge in [0.05, 0.1) is 29.4 Å². The summed E-state index contributed by atoms with van der Waals surface area (Å²) < 4.78 is 39.4. The van der Waals surface area contributed by atoms with Crippen LogP contribution < -0.4 is 16.0 Å². The topological polar surface area (TPSA) is 87.3 Å². The Kier molecular flexibility index (Phi) is 6.78. The molecule has 2 rings (SSSR count). The van der Waals surface area contributed by atoms with Crippen molar-refractivity contribution in [3.05, 3.63) is 64.4 Å². The van der Waals surface area contributed by atoms with Crippen LogP contribution in [0.2, 0.25) is 5.02 Å². The fourth-order valence-corrected chi connectivity index (χ4v) is 2.18. The predicted octanol–water partition coefficient (Wildman–Crippen LogP) is 2.24. The van der Waals surface area contributed by atoms with Crippen molar-refractivity contribution in [1.29, 1.82) is 0 Å². The highest BCUT2D eigenvalue weighted by Crippen LogP contribution is 2.19. The minimum absolute atomic E-state index is 0.179. The van der Waals surface area contributed by atoms with Gasteiger partial charge < -0.3 is 16.0 Å². The summed E-state index contributed by atoms with van der Waals surface area (Å²) in [6.45, 7) is -1.00. The molecule has 0 saturated carbocycles. The molecule has 0 fully saturated rings. The first-order valence-electron chi connectivity index (χ1n) is 7.52. The third-order valence-corrected chi connectivity index (χ3v) is 3.61. The number of carbonyl (C=O) groups is 3. The Bertz CT molecular complexity index is 893. The lowest BCUT2D eigenvalue weighted by molar-refractivity contribution is -0.123. The third kappa shape index (κ3) is 5.45. The molecule has 0 saturated heterocycles. The van der Waals surface area contributed by atoms with E-state index in [9.17, 15) is 27.6 Å². The van der Waals surface area contributed by atoms with Crippen molar-refractivity contribution in [2.24, 2.45) is 0 Å². The van der Waals surface area contributed by atoms with Gasteiger partial charge in [0.25, 0.3) is 5.91 Å². The Labute approximate surface area is 156 Å². The summed E-state index contributed by atoms with van der Waals surface area (Å²) in [6.07, 6.45) is 0. The SMILES string of the molecule is O=C(CNC(=O)c1ccccc1Cl)NCC(=O)Nc1ccc(F)c(F)c1F. The largest absolute Gasteiger partial charge is 0.345 e. The smallest absolute Gasteiger partial charge is 0.253 e. The van der Waals surface area contributed by atoms with Crippen molar-refractivity contribution in [3.63, 3.8) is 0 Å². The molecule has 0 atom stereocenters. The number of anilines is 1. The average molecular weight is 400 g/mol. The number of nitrogens with one attached hydrogen (secondary N) is 3. The van der Waals surface area contributed by atoms with Crippen molar-refractivity contribution < 1.29 is 27.6 Å². The van der Waals surface area contributed by atoms with E-state index >= 15 is 0 Å². The molecular weight excluding hydrogens is 387 g/mol. The minimum Gasteiger partial charge on any atom is -0.345 e. The van der Waals surface area contributed by atoms with E-state index in [1.165, 1.54) is 12.1 Å². The van der Waals surface area contributed by atoms with E-state index in [4.69, 9.17) is 11.6 Å². The summed E-state index contributed by atoms with van der Waals surface area (Å²) in [5, 5.41) is 6.70. The first-order chi connectivity index (χ1) is 12.8. The number of amides is 3. The number of carbonyl (C=O) groups excluding carboxylic acids is 3. The molecule has 0 aromatic heterocycles. The molecule has 0 aliphatic heterocycles. The van der Waals surface area contributed by atoms with Gasteiger partial charge in [0.15, 0.2) is 17.5 Å². The van der Waals surface area contributed by atoms with Gasteiger partial charge in [-0.15, -0.1) is 0 Å². The van der Waals surface area contributed by atoms with E-state index in [1.807, 2.05) is 5.32 Å². The normalized spacial score (nSPS) is 10.2. The van der Waals surface area contributed by atoms with Crippen molar-refractivity contribution in [1.82, 2.24) is 10.6 Å². The van der Waals surface area contributed by atoms with Crippen LogP contribution in [0.1, 0.15) is 10.4 Å². The Hall–Kier alpha value is -3.07. The second-order valence-electron chi connectivity index (χ2n) is 5.21. The Morgan fingerprint density at radius 2 is 1.52 bits per heavy atom. The Balaban J connectivity index is 1.80. The molecule has 3 amide bonds. The van der Waals surface area contributed by atoms with Crippen LogP contribution >= 0.6 is 11.6 Å². The monoisotopic (exact) mass is 399 g/mol. The van der Waals surface area contributed by atoms with Gasteiger partial charge in [0.2, 0.25) is 11.8 Å². The van der Waals surface area contributed by atoms with Crippen molar-refractivity contribution in [2.45, 2.75) is 0 Å². The predicted molar refractivity (Wildman–Crippen MR) is 91.7 cm³/mol. The number of halogens is 4. The molecule has 6 nitrogen and oxygen atoms in total. The number of hydrogen-bond acceptors (Lipinski definition) is 3. The van der Waals surface area contributed by atoms with E-state index in [0.29, 0.717) is 6.07 Å². The number of rotatable bonds is 6. The van der Waals surface area contributed by atoms with E-state index in [1.54, 1.807) is 12.1 Å². The zero-order chi connectivity index (χ0) is 20.0. The van der Waals surface area contributed by atoms with Crippen molar-refractivity contribution >= 4 is 35.0 Å². The van der Waals surface area contributed by atoms with E-state index in [-0.39, 0.29) is 10.6 Å². The number of hydrogen-bond donors (Lipinski definition) is 3. The van der Waals surface area contributed by atoms with E-state index in [2.05, 4.69) is 10.6 Å². The lowest BCUT2D eigenvalue weighted by Crippen LogP contribution is -2.40. The standard InChI is InChI=1S/C17H13ClF3N3O3/c18-10-4-2-1-3-9(10)17(27)23-7-13(25)22-8-14(26)24-12-6-5-11(19)15(20)16(12)21/h1-6H,7-8H2,(H,22,25)(H,23,27)(H,24,26). The summed E-state index contributed by atoms with van der Waals surface area (Å²) >= 11 is 5.85. The molecule has 0 aliphatic carbocycles. The molecule has 0 heterocycles. The van der Waals surface area contributed by atoms with Gasteiger partial charge in [-0.3, -0.25) is 14.4 Å². The van der Waals surface area contributed by atoms with Crippen LogP contribution in [0.25, 0.3) is 0 Å². The summed E-state index contributed by atoms with van der Waals surface area (Å²) in [4.78, 5) is 35.2. The molecular formula is C17H13ClF3N3O3. The Morgan fingerprint density at radius 1 is 0.852 bits per heavy atom. The second-order valence-corrected chi connectivity index (χ2v) is 5.62. The molecule has 0 bridgehead atoms. The van der Waals surface area contributed by atoms with Crippen LogP contribution in [-0.4, -0.2) is 30.8 Å². The molecule has 2 aromatic rings. The first-order valence-corrected chi connectivity index (χ1v) is 7.90. The van der Waals surface area contributed by atoms with Gasteiger partial charge in [-0.25, -0.2) is 13.2 Å². The van der Waals surface area contributed by atoms with Crippen LogP contribution in [0, 0.1) is 17.5 Å². The van der Waals surface area contributed by atoms with Gasteiger partial charge in [0, 0.05) is 0 Å². The molecule has 3 N–H and O–H groups in total. The maximum absolute atomic E-state index is 13.4. The van der Waals surface area contributed by atoms with Crippen LogP contribution in [-0.2, 0) is 9.59 Å². The van der Waals surface area contributed by atoms with Gasteiger partial charge >= 0.3 is 0 Å². The zero-order valence-electron chi connectivity index (χ0n) is 13.6. The highest BCUT2D eigenvalue weighted by Gasteiger charge is 2.16. The second kappa shape index (κ2) is 9.04. The van der Waals surface area contributed by atoms with Crippen LogP contribution in [0.5, 0.6) is 0 Å². The molecule has 2 aromatic carbocycles. The minimum atomic E-state index is -1.72. The number of benzene rings is 2. The van der Waals surface area contributed by atoms with E-state index in [0.717, 1.165) is 6.07 Å². The fraction of sp³-hybridized carbons (Fsp3) is 0.118. The maximum Gasteiger partial charge on any atom is 0.253 e. The van der Waals surface area contributed by atoms with E-state index < -0.39 is 54.0 Å². The highest BCUT2D eigenvalue weighted by molar-refractivity contribution is 6.33. The molecule has 0 aliphatic rings. The lowest BCUT2D eigenvalue weighted by atomic mass is 10.2. The van der Waals surface area contributed by atoms with Crippen LogP contribution in [0.15, 0.2) is 36.4 Å². The van der Waals surface area contributed by atoms with Crippen LogP contribution in [0.4, 0.5) is 18.9 Å². The Morgan fingerprint density at radius 3 is 2.22 bits per heavy atom. The average Bonchev–Trinajstić information content (AvgIpc) is 2.65.